The summed E-state index contributed by atoms with van der Waals surface area (Å²) >= 11 is 5.98. The van der Waals surface area contributed by atoms with Crippen molar-refractivity contribution >= 4 is 34.8 Å². The van der Waals surface area contributed by atoms with Crippen molar-refractivity contribution in [3.63, 3.8) is 0 Å². The highest BCUT2D eigenvalue weighted by Gasteiger charge is 2.22. The molecule has 3 aromatic rings. The number of carbonyl (C=O) groups is 3. The van der Waals surface area contributed by atoms with Gasteiger partial charge in [-0.3, -0.25) is 14.4 Å². The van der Waals surface area contributed by atoms with E-state index in [-0.39, 0.29) is 40.0 Å². The Morgan fingerprint density at radius 3 is 2.65 bits per heavy atom. The van der Waals surface area contributed by atoms with Crippen LogP contribution in [0.3, 0.4) is 0 Å². The summed E-state index contributed by atoms with van der Waals surface area (Å²) in [5.74, 6) is -1.37. The van der Waals surface area contributed by atoms with Crippen LogP contribution in [0.2, 0.25) is 5.02 Å². The van der Waals surface area contributed by atoms with E-state index >= 15 is 0 Å². The normalized spacial score (nSPS) is 15.9. The minimum Gasteiger partial charge on any atom is -0.340 e. The Kier molecular flexibility index (Phi) is 8.84. The molecule has 4 rings (SSSR count). The Bertz CT molecular complexity index is 1270. The maximum Gasteiger partial charge on any atom is 0.274 e. The molecular formula is C28H30ClFN4O3. The molecule has 37 heavy (non-hydrogen) atoms. The molecule has 0 spiro atoms. The van der Waals surface area contributed by atoms with Gasteiger partial charge in [0.2, 0.25) is 0 Å². The van der Waals surface area contributed by atoms with Gasteiger partial charge >= 0.3 is 0 Å². The van der Waals surface area contributed by atoms with Crippen LogP contribution in [-0.4, -0.2) is 51.5 Å². The molecular weight excluding hydrogens is 495 g/mol. The maximum absolute atomic E-state index is 13.2. The quantitative estimate of drug-likeness (QED) is 0.331. The molecule has 1 aliphatic rings. The summed E-state index contributed by atoms with van der Waals surface area (Å²) < 4.78 is 13.2. The molecule has 1 saturated heterocycles. The highest BCUT2D eigenvalue weighted by molar-refractivity contribution is 6.34. The van der Waals surface area contributed by atoms with Gasteiger partial charge in [0.15, 0.2) is 11.6 Å². The van der Waals surface area contributed by atoms with Crippen molar-refractivity contribution in [1.29, 1.82) is 0 Å². The number of benzene rings is 2. The number of aromatic nitrogens is 2. The van der Waals surface area contributed by atoms with Crippen molar-refractivity contribution in [3.05, 3.63) is 82.1 Å². The monoisotopic (exact) mass is 524 g/mol. The Labute approximate surface area is 220 Å². The Morgan fingerprint density at radius 1 is 1.14 bits per heavy atom. The van der Waals surface area contributed by atoms with Gasteiger partial charge in [-0.2, -0.15) is 0 Å². The fourth-order valence-corrected chi connectivity index (χ4v) is 4.90. The van der Waals surface area contributed by atoms with Gasteiger partial charge in [0.25, 0.3) is 5.91 Å². The van der Waals surface area contributed by atoms with E-state index in [0.717, 1.165) is 25.6 Å². The molecule has 1 aliphatic heterocycles. The highest BCUT2D eigenvalue weighted by Crippen LogP contribution is 2.21. The van der Waals surface area contributed by atoms with Gasteiger partial charge in [-0.15, -0.1) is 0 Å². The Morgan fingerprint density at radius 2 is 1.92 bits per heavy atom. The minimum atomic E-state index is -0.504. The van der Waals surface area contributed by atoms with Crippen LogP contribution in [0.5, 0.6) is 0 Å². The van der Waals surface area contributed by atoms with Gasteiger partial charge in [0, 0.05) is 30.1 Å². The first kappa shape index (κ1) is 26.7. The summed E-state index contributed by atoms with van der Waals surface area (Å²) in [6, 6.07) is 11.0. The van der Waals surface area contributed by atoms with Crippen LogP contribution in [0.1, 0.15) is 75.9 Å². The van der Waals surface area contributed by atoms with Gasteiger partial charge in [-0.1, -0.05) is 30.2 Å². The lowest BCUT2D eigenvalue weighted by atomic mass is 10.0. The number of piperidine rings is 1. The predicted molar refractivity (Wildman–Crippen MR) is 141 cm³/mol. The molecule has 0 aliphatic carbocycles. The van der Waals surface area contributed by atoms with E-state index in [1.165, 1.54) is 37.7 Å². The molecule has 9 heteroatoms. The molecule has 7 nitrogen and oxygen atoms in total. The number of hydrogen-bond donors (Lipinski definition) is 2. The zero-order chi connectivity index (χ0) is 26.4. The number of carbonyl (C=O) groups excluding carboxylic acids is 3. The molecule has 0 saturated carbocycles. The summed E-state index contributed by atoms with van der Waals surface area (Å²) in [7, 11) is 0. The second-order valence-electron chi connectivity index (χ2n) is 9.41. The zero-order valence-corrected chi connectivity index (χ0v) is 21.5. The Balaban J connectivity index is 1.31. The first-order valence-electron chi connectivity index (χ1n) is 12.5. The van der Waals surface area contributed by atoms with Gasteiger partial charge in [0.05, 0.1) is 11.3 Å². The number of nitrogens with one attached hydrogen (secondary N) is 2. The van der Waals surface area contributed by atoms with Gasteiger partial charge in [0.1, 0.15) is 17.2 Å². The lowest BCUT2D eigenvalue weighted by Crippen LogP contribution is -2.38. The maximum atomic E-state index is 13.2. The van der Waals surface area contributed by atoms with Crippen LogP contribution in [0.15, 0.2) is 48.8 Å². The standard InChI is InChI=1S/C28H30ClFN4O3/c1-18-5-2-3-13-34(18)14-4-6-24(35)26-27(32-17-31-26)28(37)33-21-10-7-19(8-11-21)15-25(36)22-12-9-20(30)16-23(22)29/h7-12,16-18H,2-6,13-15H2,1H3,(H,31,32)(H,33,37)/t18-/m0/s1. The number of likely N-dealkylation sites (tertiary alicyclic amines) is 1. The van der Waals surface area contributed by atoms with Gasteiger partial charge < -0.3 is 15.2 Å². The lowest BCUT2D eigenvalue weighted by Gasteiger charge is -2.33. The predicted octanol–water partition coefficient (Wildman–Crippen LogP) is 5.72. The van der Waals surface area contributed by atoms with Crippen molar-refractivity contribution in [2.75, 3.05) is 18.4 Å². The van der Waals surface area contributed by atoms with Crippen LogP contribution in [-0.2, 0) is 6.42 Å². The van der Waals surface area contributed by atoms with Gasteiger partial charge in [-0.05, 0) is 75.2 Å². The fourth-order valence-electron chi connectivity index (χ4n) is 4.63. The van der Waals surface area contributed by atoms with E-state index in [9.17, 15) is 18.8 Å². The van der Waals surface area contributed by atoms with Crippen molar-refractivity contribution in [2.24, 2.45) is 0 Å². The van der Waals surface area contributed by atoms with Gasteiger partial charge in [-0.25, -0.2) is 9.37 Å². The molecule has 194 valence electrons. The molecule has 0 bridgehead atoms. The summed E-state index contributed by atoms with van der Waals surface area (Å²) in [4.78, 5) is 47.4. The van der Waals surface area contributed by atoms with E-state index < -0.39 is 11.7 Å². The van der Waals surface area contributed by atoms with E-state index in [1.54, 1.807) is 24.3 Å². The molecule has 2 N–H and O–H groups in total. The van der Waals surface area contributed by atoms with E-state index in [4.69, 9.17) is 11.6 Å². The lowest BCUT2D eigenvalue weighted by molar-refractivity contribution is 0.0945. The number of aromatic amines is 1. The number of anilines is 1. The third-order valence-corrected chi connectivity index (χ3v) is 7.04. The second-order valence-corrected chi connectivity index (χ2v) is 9.82. The van der Waals surface area contributed by atoms with E-state index in [1.807, 2.05) is 0 Å². The molecule has 0 radical (unpaired) electrons. The number of H-pyrrole nitrogens is 1. The Hall–Kier alpha value is -3.36. The molecule has 2 aromatic carbocycles. The first-order chi connectivity index (χ1) is 17.8. The van der Waals surface area contributed by atoms with Crippen molar-refractivity contribution in [2.45, 2.75) is 51.5 Å². The van der Waals surface area contributed by atoms with Crippen molar-refractivity contribution in [3.8, 4) is 0 Å². The summed E-state index contributed by atoms with van der Waals surface area (Å²) in [6.45, 7) is 4.15. The topological polar surface area (TPSA) is 95.2 Å². The molecule has 0 unspecified atom stereocenters. The number of imidazole rings is 1. The molecule has 1 aromatic heterocycles. The number of halogens is 2. The van der Waals surface area contributed by atoms with Crippen LogP contribution in [0, 0.1) is 5.82 Å². The largest absolute Gasteiger partial charge is 0.340 e. The number of hydrogen-bond acceptors (Lipinski definition) is 5. The van der Waals surface area contributed by atoms with Crippen LogP contribution in [0.4, 0.5) is 10.1 Å². The third kappa shape index (κ3) is 6.90. The summed E-state index contributed by atoms with van der Waals surface area (Å²) in [5.41, 5.74) is 1.74. The zero-order valence-electron chi connectivity index (χ0n) is 20.7. The van der Waals surface area contributed by atoms with Crippen LogP contribution in [0.25, 0.3) is 0 Å². The third-order valence-electron chi connectivity index (χ3n) is 6.73. The molecule has 1 amide bonds. The van der Waals surface area contributed by atoms with E-state index in [0.29, 0.717) is 23.7 Å². The summed E-state index contributed by atoms with van der Waals surface area (Å²) in [5, 5.41) is 2.83. The number of Topliss-reactive ketones (excluding diaryl/α,β-unsaturated/α-hetero) is 2. The van der Waals surface area contributed by atoms with E-state index in [2.05, 4.69) is 27.1 Å². The SMILES string of the molecule is C[C@H]1CCCCN1CCCC(=O)c1nc[nH]c1C(=O)Nc1ccc(CC(=O)c2ccc(F)cc2Cl)cc1. The highest BCUT2D eigenvalue weighted by atomic mass is 35.5. The fraction of sp³-hybridized carbons (Fsp3) is 0.357. The molecule has 1 fully saturated rings. The number of ketones is 2. The molecule has 1 atom stereocenters. The number of amides is 1. The average molecular weight is 525 g/mol. The van der Waals surface area contributed by atoms with Crippen LogP contribution >= 0.6 is 11.6 Å². The number of rotatable bonds is 10. The first-order valence-corrected chi connectivity index (χ1v) is 12.9. The average Bonchev–Trinajstić information content (AvgIpc) is 3.37. The summed E-state index contributed by atoms with van der Waals surface area (Å²) in [6.07, 6.45) is 6.13. The minimum absolute atomic E-state index is 0.0693. The van der Waals surface area contributed by atoms with Crippen LogP contribution < -0.4 is 5.32 Å². The smallest absolute Gasteiger partial charge is 0.274 e. The van der Waals surface area contributed by atoms with Crippen molar-refractivity contribution < 1.29 is 18.8 Å². The number of nitrogens with zero attached hydrogens (tertiary/aromatic N) is 2. The van der Waals surface area contributed by atoms with Crippen molar-refractivity contribution in [1.82, 2.24) is 14.9 Å². The molecule has 2 heterocycles. The second kappa shape index (κ2) is 12.3.